The van der Waals surface area contributed by atoms with Crippen LogP contribution in [0, 0.1) is 0 Å². The number of nitrogens with one attached hydrogen (secondary N) is 2. The van der Waals surface area contributed by atoms with Crippen LogP contribution in [0.4, 0.5) is 0 Å². The summed E-state index contributed by atoms with van der Waals surface area (Å²) in [4.78, 5) is 25.8. The second-order valence-corrected chi connectivity index (χ2v) is 5.69. The SMILES string of the molecule is COc1cccc(CN(C)CC(=O)NNC(=O)c2ccccc2)c1OC. The fourth-order valence-electron chi connectivity index (χ4n) is 2.50. The van der Waals surface area contributed by atoms with Gasteiger partial charge in [0.05, 0.1) is 20.8 Å². The molecule has 0 aliphatic carbocycles. The van der Waals surface area contributed by atoms with Crippen LogP contribution in [0.3, 0.4) is 0 Å². The van der Waals surface area contributed by atoms with Crippen molar-refractivity contribution in [2.24, 2.45) is 0 Å². The van der Waals surface area contributed by atoms with Gasteiger partial charge in [-0.15, -0.1) is 0 Å². The molecule has 2 amide bonds. The monoisotopic (exact) mass is 357 g/mol. The number of nitrogens with zero attached hydrogens (tertiary/aromatic N) is 1. The van der Waals surface area contributed by atoms with E-state index in [1.807, 2.05) is 24.3 Å². The molecule has 2 N–H and O–H groups in total. The maximum Gasteiger partial charge on any atom is 0.269 e. The summed E-state index contributed by atoms with van der Waals surface area (Å²) in [7, 11) is 4.96. The summed E-state index contributed by atoms with van der Waals surface area (Å²) in [6.45, 7) is 0.593. The van der Waals surface area contributed by atoms with Gasteiger partial charge >= 0.3 is 0 Å². The van der Waals surface area contributed by atoms with Crippen LogP contribution >= 0.6 is 0 Å². The van der Waals surface area contributed by atoms with E-state index in [2.05, 4.69) is 10.9 Å². The third-order valence-corrected chi connectivity index (χ3v) is 3.69. The molecule has 0 spiro atoms. The van der Waals surface area contributed by atoms with E-state index >= 15 is 0 Å². The minimum Gasteiger partial charge on any atom is -0.493 e. The Kier molecular flexibility index (Phi) is 6.99. The summed E-state index contributed by atoms with van der Waals surface area (Å²) in [5, 5.41) is 0. The van der Waals surface area contributed by atoms with Crippen molar-refractivity contribution in [1.29, 1.82) is 0 Å². The number of hydrogen-bond donors (Lipinski definition) is 2. The summed E-state index contributed by atoms with van der Waals surface area (Å²) >= 11 is 0. The predicted octanol–water partition coefficient (Wildman–Crippen LogP) is 1.60. The van der Waals surface area contributed by atoms with Gasteiger partial charge in [0, 0.05) is 17.7 Å². The first-order valence-electron chi connectivity index (χ1n) is 8.07. The van der Waals surface area contributed by atoms with Crippen molar-refractivity contribution in [3.05, 3.63) is 59.7 Å². The van der Waals surface area contributed by atoms with Crippen molar-refractivity contribution in [1.82, 2.24) is 15.8 Å². The molecule has 26 heavy (non-hydrogen) atoms. The number of benzene rings is 2. The molecule has 138 valence electrons. The van der Waals surface area contributed by atoms with Crippen LogP contribution in [0.1, 0.15) is 15.9 Å². The molecule has 2 aromatic rings. The van der Waals surface area contributed by atoms with Crippen LogP contribution in [0.15, 0.2) is 48.5 Å². The average molecular weight is 357 g/mol. The fraction of sp³-hybridized carbons (Fsp3) is 0.263. The van der Waals surface area contributed by atoms with Gasteiger partial charge in [0.25, 0.3) is 11.8 Å². The minimum absolute atomic E-state index is 0.107. The highest BCUT2D eigenvalue weighted by molar-refractivity contribution is 5.95. The van der Waals surface area contributed by atoms with Crippen LogP contribution in [0.25, 0.3) is 0 Å². The van der Waals surface area contributed by atoms with Gasteiger partial charge in [-0.05, 0) is 25.2 Å². The molecular weight excluding hydrogens is 334 g/mol. The fourth-order valence-corrected chi connectivity index (χ4v) is 2.50. The lowest BCUT2D eigenvalue weighted by atomic mass is 10.1. The summed E-state index contributed by atoms with van der Waals surface area (Å²) in [5.41, 5.74) is 6.18. The van der Waals surface area contributed by atoms with E-state index in [1.54, 1.807) is 50.4 Å². The lowest BCUT2D eigenvalue weighted by Crippen LogP contribution is -2.45. The molecule has 0 radical (unpaired) electrons. The number of hydrazine groups is 1. The van der Waals surface area contributed by atoms with Crippen LogP contribution < -0.4 is 20.3 Å². The van der Waals surface area contributed by atoms with E-state index in [-0.39, 0.29) is 18.4 Å². The van der Waals surface area contributed by atoms with E-state index < -0.39 is 0 Å². The minimum atomic E-state index is -0.365. The van der Waals surface area contributed by atoms with Crippen molar-refractivity contribution in [3.63, 3.8) is 0 Å². The second-order valence-electron chi connectivity index (χ2n) is 5.69. The zero-order chi connectivity index (χ0) is 18.9. The maximum absolute atomic E-state index is 12.0. The van der Waals surface area contributed by atoms with Gasteiger partial charge in [-0.3, -0.25) is 25.3 Å². The third kappa shape index (κ3) is 5.22. The Labute approximate surface area is 152 Å². The molecule has 0 aliphatic heterocycles. The molecule has 2 rings (SSSR count). The van der Waals surface area contributed by atoms with Gasteiger partial charge in [-0.2, -0.15) is 0 Å². The normalized spacial score (nSPS) is 10.3. The van der Waals surface area contributed by atoms with Crippen molar-refractivity contribution in [3.8, 4) is 11.5 Å². The molecule has 7 nitrogen and oxygen atoms in total. The first-order valence-corrected chi connectivity index (χ1v) is 8.07. The lowest BCUT2D eigenvalue weighted by Gasteiger charge is -2.19. The van der Waals surface area contributed by atoms with Crippen molar-refractivity contribution in [2.75, 3.05) is 27.8 Å². The highest BCUT2D eigenvalue weighted by Crippen LogP contribution is 2.31. The Bertz CT molecular complexity index is 750. The first kappa shape index (κ1) is 19.3. The van der Waals surface area contributed by atoms with Gasteiger partial charge in [-0.1, -0.05) is 30.3 Å². The van der Waals surface area contributed by atoms with Crippen LogP contribution in [0.5, 0.6) is 11.5 Å². The van der Waals surface area contributed by atoms with Crippen molar-refractivity contribution in [2.45, 2.75) is 6.54 Å². The zero-order valence-corrected chi connectivity index (χ0v) is 15.1. The topological polar surface area (TPSA) is 79.9 Å². The number of para-hydroxylation sites is 1. The highest BCUT2D eigenvalue weighted by Gasteiger charge is 2.14. The molecule has 7 heteroatoms. The quantitative estimate of drug-likeness (QED) is 0.736. The summed E-state index contributed by atoms with van der Waals surface area (Å²) < 4.78 is 10.7. The van der Waals surface area contributed by atoms with Crippen molar-refractivity contribution < 1.29 is 19.1 Å². The molecule has 0 saturated carbocycles. The Balaban J connectivity index is 1.87. The van der Waals surface area contributed by atoms with Gasteiger partial charge in [0.15, 0.2) is 11.5 Å². The molecule has 0 unspecified atom stereocenters. The van der Waals surface area contributed by atoms with E-state index in [0.29, 0.717) is 23.6 Å². The lowest BCUT2D eigenvalue weighted by molar-refractivity contribution is -0.122. The summed E-state index contributed by atoms with van der Waals surface area (Å²) in [6.07, 6.45) is 0. The number of amides is 2. The maximum atomic E-state index is 12.0. The van der Waals surface area contributed by atoms with E-state index in [9.17, 15) is 9.59 Å². The number of rotatable bonds is 7. The summed E-state index contributed by atoms with van der Waals surface area (Å²) in [6, 6.07) is 14.3. The van der Waals surface area contributed by atoms with Gasteiger partial charge < -0.3 is 9.47 Å². The molecule has 0 heterocycles. The van der Waals surface area contributed by atoms with Gasteiger partial charge in [0.1, 0.15) is 0 Å². The number of hydrogen-bond acceptors (Lipinski definition) is 5. The van der Waals surface area contributed by atoms with Gasteiger partial charge in [-0.25, -0.2) is 0 Å². The molecule has 0 atom stereocenters. The molecule has 0 bridgehead atoms. The smallest absolute Gasteiger partial charge is 0.269 e. The zero-order valence-electron chi connectivity index (χ0n) is 15.1. The van der Waals surface area contributed by atoms with Crippen LogP contribution in [-0.4, -0.2) is 44.5 Å². The van der Waals surface area contributed by atoms with Crippen molar-refractivity contribution >= 4 is 11.8 Å². The van der Waals surface area contributed by atoms with Gasteiger partial charge in [0.2, 0.25) is 0 Å². The number of ether oxygens (including phenoxy) is 2. The van der Waals surface area contributed by atoms with Crippen LogP contribution in [-0.2, 0) is 11.3 Å². The first-order chi connectivity index (χ1) is 12.5. The number of methoxy groups -OCH3 is 2. The molecule has 0 fully saturated rings. The van der Waals surface area contributed by atoms with E-state index in [0.717, 1.165) is 5.56 Å². The second kappa shape index (κ2) is 9.43. The van der Waals surface area contributed by atoms with E-state index in [1.165, 1.54) is 0 Å². The molecule has 0 aliphatic rings. The predicted molar refractivity (Wildman–Crippen MR) is 97.9 cm³/mol. The largest absolute Gasteiger partial charge is 0.493 e. The molecular formula is C19H23N3O4. The number of carbonyl (C=O) groups excluding carboxylic acids is 2. The molecule has 0 saturated heterocycles. The number of likely N-dealkylation sites (N-methyl/N-ethyl adjacent to an activating group) is 1. The molecule has 2 aromatic carbocycles. The standard InChI is InChI=1S/C19H23N3O4/c1-22(12-15-10-7-11-16(25-2)18(15)26-3)13-17(23)20-21-19(24)14-8-5-4-6-9-14/h4-11H,12-13H2,1-3H3,(H,20,23)(H,21,24). The molecule has 0 aromatic heterocycles. The Morgan fingerprint density at radius 3 is 2.35 bits per heavy atom. The Morgan fingerprint density at radius 2 is 1.69 bits per heavy atom. The average Bonchev–Trinajstić information content (AvgIpc) is 2.66. The van der Waals surface area contributed by atoms with E-state index in [4.69, 9.17) is 9.47 Å². The third-order valence-electron chi connectivity index (χ3n) is 3.69. The Morgan fingerprint density at radius 1 is 0.962 bits per heavy atom. The highest BCUT2D eigenvalue weighted by atomic mass is 16.5. The number of carbonyl (C=O) groups is 2. The Hall–Kier alpha value is -3.06. The van der Waals surface area contributed by atoms with Crippen LogP contribution in [0.2, 0.25) is 0 Å². The summed E-state index contributed by atoms with van der Waals surface area (Å²) in [5.74, 6) is 0.590.